The number of fused-ring (bicyclic) bond motifs is 2. The average molecular weight is 338 g/mol. The van der Waals surface area contributed by atoms with Crippen LogP contribution in [0.3, 0.4) is 0 Å². The molecule has 2 N–H and O–H groups in total. The van der Waals surface area contributed by atoms with E-state index in [1.54, 1.807) is 4.90 Å². The van der Waals surface area contributed by atoms with Crippen LogP contribution in [0.25, 0.3) is 10.9 Å². The Labute approximate surface area is 146 Å². The van der Waals surface area contributed by atoms with Crippen molar-refractivity contribution in [3.8, 4) is 0 Å². The molecule has 0 unspecified atom stereocenters. The van der Waals surface area contributed by atoms with E-state index in [1.165, 1.54) is 22.0 Å². The van der Waals surface area contributed by atoms with E-state index in [0.717, 1.165) is 19.4 Å². The van der Waals surface area contributed by atoms with Crippen LogP contribution in [-0.2, 0) is 11.2 Å². The Balaban J connectivity index is 1.44. The fourth-order valence-corrected chi connectivity index (χ4v) is 5.13. The number of hydrogen-bond donors (Lipinski definition) is 2. The summed E-state index contributed by atoms with van der Waals surface area (Å²) in [6.07, 6.45) is 4.30. The second kappa shape index (κ2) is 5.33. The summed E-state index contributed by atoms with van der Waals surface area (Å²) >= 11 is 0. The molecule has 3 atom stereocenters. The predicted molar refractivity (Wildman–Crippen MR) is 94.4 cm³/mol. The fourth-order valence-electron chi connectivity index (χ4n) is 5.13. The number of carbonyl (C=O) groups excluding carboxylic acids is 2. The summed E-state index contributed by atoms with van der Waals surface area (Å²) in [6, 6.07) is 6.81. The number of piperidine rings is 1. The zero-order valence-corrected chi connectivity index (χ0v) is 14.3. The SMILES string of the molecule is CN1C[C@@H](CN2CC(=O)NC2=O)C[C@@H]2c3cccc4[nH]cc(c34)C[C@H]21. The van der Waals surface area contributed by atoms with Gasteiger partial charge in [0.05, 0.1) is 0 Å². The molecule has 3 heterocycles. The molecular formula is C19H22N4O2. The van der Waals surface area contributed by atoms with Gasteiger partial charge >= 0.3 is 6.03 Å². The molecule has 1 aromatic heterocycles. The Morgan fingerprint density at radius 1 is 1.28 bits per heavy atom. The lowest BCUT2D eigenvalue weighted by Crippen LogP contribution is -2.50. The second-order valence-corrected chi connectivity index (χ2v) is 7.74. The topological polar surface area (TPSA) is 68.4 Å². The fraction of sp³-hybridized carbons (Fsp3) is 0.474. The van der Waals surface area contributed by atoms with Crippen molar-refractivity contribution in [2.24, 2.45) is 5.92 Å². The molecule has 1 aliphatic carbocycles. The minimum atomic E-state index is -0.242. The van der Waals surface area contributed by atoms with Crippen molar-refractivity contribution in [3.05, 3.63) is 35.5 Å². The van der Waals surface area contributed by atoms with Gasteiger partial charge in [0.25, 0.3) is 0 Å². The number of imide groups is 1. The number of nitrogens with one attached hydrogen (secondary N) is 2. The second-order valence-electron chi connectivity index (χ2n) is 7.74. The van der Waals surface area contributed by atoms with Gasteiger partial charge in [-0.1, -0.05) is 12.1 Å². The molecule has 3 amide bonds. The maximum absolute atomic E-state index is 11.9. The molecule has 6 heteroatoms. The van der Waals surface area contributed by atoms with Crippen LogP contribution in [0.4, 0.5) is 4.79 Å². The number of aromatic nitrogens is 1. The van der Waals surface area contributed by atoms with Crippen LogP contribution in [0.2, 0.25) is 0 Å². The number of benzene rings is 1. The van der Waals surface area contributed by atoms with Gasteiger partial charge in [0, 0.05) is 42.1 Å². The lowest BCUT2D eigenvalue weighted by Gasteiger charge is -2.46. The van der Waals surface area contributed by atoms with Crippen LogP contribution in [0, 0.1) is 5.92 Å². The number of H-pyrrole nitrogens is 1. The van der Waals surface area contributed by atoms with Crippen LogP contribution in [0.1, 0.15) is 23.5 Å². The number of likely N-dealkylation sites (tertiary alicyclic amines) is 1. The van der Waals surface area contributed by atoms with Gasteiger partial charge in [-0.05, 0) is 43.0 Å². The van der Waals surface area contributed by atoms with E-state index < -0.39 is 0 Å². The Hall–Kier alpha value is -2.34. The minimum absolute atomic E-state index is 0.188. The quantitative estimate of drug-likeness (QED) is 0.819. The monoisotopic (exact) mass is 338 g/mol. The summed E-state index contributed by atoms with van der Waals surface area (Å²) in [6.45, 7) is 1.82. The third-order valence-corrected chi connectivity index (χ3v) is 6.16. The average Bonchev–Trinajstić information content (AvgIpc) is 3.13. The van der Waals surface area contributed by atoms with E-state index >= 15 is 0 Å². The van der Waals surface area contributed by atoms with Gasteiger partial charge in [0.1, 0.15) is 6.54 Å². The number of hydrogen-bond acceptors (Lipinski definition) is 3. The number of carbonyl (C=O) groups is 2. The van der Waals surface area contributed by atoms with Crippen LogP contribution < -0.4 is 5.32 Å². The van der Waals surface area contributed by atoms with Crippen molar-refractivity contribution in [1.82, 2.24) is 20.1 Å². The third-order valence-electron chi connectivity index (χ3n) is 6.16. The van der Waals surface area contributed by atoms with Gasteiger partial charge in [0.2, 0.25) is 5.91 Å². The summed E-state index contributed by atoms with van der Waals surface area (Å²) in [5.74, 6) is 0.683. The molecule has 2 aromatic rings. The van der Waals surface area contributed by atoms with E-state index in [-0.39, 0.29) is 18.5 Å². The molecule has 5 rings (SSSR count). The highest BCUT2D eigenvalue weighted by molar-refractivity contribution is 6.01. The minimum Gasteiger partial charge on any atom is -0.361 e. The van der Waals surface area contributed by atoms with Crippen molar-refractivity contribution in [3.63, 3.8) is 0 Å². The smallest absolute Gasteiger partial charge is 0.324 e. The van der Waals surface area contributed by atoms with Gasteiger partial charge in [0.15, 0.2) is 0 Å². The predicted octanol–water partition coefficient (Wildman–Crippen LogP) is 1.68. The highest BCUT2D eigenvalue weighted by Crippen LogP contribution is 2.44. The largest absolute Gasteiger partial charge is 0.361 e. The van der Waals surface area contributed by atoms with Gasteiger partial charge in [-0.3, -0.25) is 10.1 Å². The van der Waals surface area contributed by atoms with E-state index in [0.29, 0.717) is 24.4 Å². The van der Waals surface area contributed by atoms with Crippen LogP contribution in [-0.4, -0.2) is 59.4 Å². The molecular weight excluding hydrogens is 316 g/mol. The first-order chi connectivity index (χ1) is 12.1. The summed E-state index contributed by atoms with van der Waals surface area (Å²) in [7, 11) is 2.19. The van der Waals surface area contributed by atoms with E-state index in [9.17, 15) is 9.59 Å². The van der Waals surface area contributed by atoms with Gasteiger partial charge in [-0.25, -0.2) is 4.79 Å². The summed E-state index contributed by atoms with van der Waals surface area (Å²) in [4.78, 5) is 30.8. The number of aromatic amines is 1. The van der Waals surface area contributed by atoms with Gasteiger partial charge < -0.3 is 14.8 Å². The molecule has 3 aliphatic rings. The van der Waals surface area contributed by atoms with Gasteiger partial charge in [-0.15, -0.1) is 0 Å². The first-order valence-electron chi connectivity index (χ1n) is 8.98. The van der Waals surface area contributed by atoms with Crippen molar-refractivity contribution in [1.29, 1.82) is 0 Å². The molecule has 130 valence electrons. The van der Waals surface area contributed by atoms with Gasteiger partial charge in [-0.2, -0.15) is 0 Å². The van der Waals surface area contributed by atoms with Crippen LogP contribution >= 0.6 is 0 Å². The standard InChI is InChI=1S/C19H22N4O2/c1-22-8-11(9-23-10-17(24)21-19(23)25)5-14-13-3-2-4-15-18(13)12(7-20-15)6-16(14)22/h2-4,7,11,14,16,20H,5-6,8-10H2,1H3,(H,21,24,25)/t11-,14+,16+/m0/s1. The first kappa shape index (κ1) is 15.0. The Morgan fingerprint density at radius 2 is 2.16 bits per heavy atom. The molecule has 0 radical (unpaired) electrons. The van der Waals surface area contributed by atoms with Crippen molar-refractivity contribution >= 4 is 22.8 Å². The lowest BCUT2D eigenvalue weighted by atomic mass is 9.72. The number of nitrogens with zero attached hydrogens (tertiary/aromatic N) is 2. The zero-order chi connectivity index (χ0) is 17.1. The molecule has 2 aliphatic heterocycles. The van der Waals surface area contributed by atoms with Crippen molar-refractivity contribution in [2.75, 3.05) is 26.7 Å². The maximum Gasteiger partial charge on any atom is 0.324 e. The Morgan fingerprint density at radius 3 is 2.96 bits per heavy atom. The molecule has 0 saturated carbocycles. The van der Waals surface area contributed by atoms with E-state index in [1.807, 2.05) is 0 Å². The maximum atomic E-state index is 11.9. The molecule has 1 aromatic carbocycles. The first-order valence-corrected chi connectivity index (χ1v) is 8.98. The Bertz CT molecular complexity index is 873. The molecule has 2 saturated heterocycles. The molecule has 2 fully saturated rings. The number of rotatable bonds is 2. The van der Waals surface area contributed by atoms with E-state index in [2.05, 4.69) is 46.6 Å². The molecule has 0 spiro atoms. The Kier molecular flexibility index (Phi) is 3.19. The summed E-state index contributed by atoms with van der Waals surface area (Å²) in [5.41, 5.74) is 4.07. The zero-order valence-electron chi connectivity index (χ0n) is 14.3. The normalized spacial score (nSPS) is 29.2. The summed E-state index contributed by atoms with van der Waals surface area (Å²) < 4.78 is 0. The molecule has 0 bridgehead atoms. The number of urea groups is 1. The van der Waals surface area contributed by atoms with Crippen LogP contribution in [0.5, 0.6) is 0 Å². The van der Waals surface area contributed by atoms with E-state index in [4.69, 9.17) is 0 Å². The highest BCUT2D eigenvalue weighted by Gasteiger charge is 2.40. The molecule has 25 heavy (non-hydrogen) atoms. The van der Waals surface area contributed by atoms with Crippen LogP contribution in [0.15, 0.2) is 24.4 Å². The number of amides is 3. The summed E-state index contributed by atoms with van der Waals surface area (Å²) in [5, 5.41) is 3.78. The van der Waals surface area contributed by atoms with Crippen molar-refractivity contribution < 1.29 is 9.59 Å². The van der Waals surface area contributed by atoms with Crippen molar-refractivity contribution in [2.45, 2.75) is 24.8 Å². The highest BCUT2D eigenvalue weighted by atomic mass is 16.2. The number of likely N-dealkylation sites (N-methyl/N-ethyl adjacent to an activating group) is 1. The third kappa shape index (κ3) is 2.28. The molecule has 6 nitrogen and oxygen atoms in total. The lowest BCUT2D eigenvalue weighted by molar-refractivity contribution is -0.118.